The van der Waals surface area contributed by atoms with Gasteiger partial charge in [-0.15, -0.1) is 0 Å². The monoisotopic (exact) mass is 1070 g/mol. The Morgan fingerprint density at radius 3 is 1.53 bits per heavy atom. The van der Waals surface area contributed by atoms with Crippen LogP contribution in [0.1, 0.15) is 57.2 Å². The van der Waals surface area contributed by atoms with Gasteiger partial charge in [0.05, 0.1) is 45.8 Å². The Hall–Kier alpha value is -9.78. The molecule has 1 aliphatic heterocycles. The van der Waals surface area contributed by atoms with E-state index in [0.717, 1.165) is 148 Å². The van der Waals surface area contributed by atoms with Crippen molar-refractivity contribution in [2.45, 2.75) is 40.5 Å². The predicted molar refractivity (Wildman–Crippen MR) is 333 cm³/mol. The van der Waals surface area contributed by atoms with Gasteiger partial charge in [-0.2, -0.15) is 10.2 Å². The summed E-state index contributed by atoms with van der Waals surface area (Å²) in [5.74, 6) is -0.524. The quantitative estimate of drug-likeness (QED) is 0.0650. The summed E-state index contributed by atoms with van der Waals surface area (Å²) in [5, 5.41) is 23.1. The fourth-order valence-electron chi connectivity index (χ4n) is 10.3. The summed E-state index contributed by atoms with van der Waals surface area (Å²) in [6.45, 7) is 23.6. The van der Waals surface area contributed by atoms with E-state index in [1.54, 1.807) is 42.7 Å². The molecular weight excluding hydrogens is 1010 g/mol. The molecule has 404 valence electrons. The first-order chi connectivity index (χ1) is 39.7. The SMILES string of the molecule is C=C/C(=C\C(=C/C)c1ccc2[nH]nc(-c3cc4c(-c5ccc(F)cc5)cncc4[nH]3)c2c1)CN1CCCC1.C=C/C(=C\C(=C/C)c1ccc2[nH]nc(-c3cc4c(-c5ccc(F)cc5)cncc4[nH]3)c2c1)NC(=C)c1ccccc1.CC. The third-order valence-electron chi connectivity index (χ3n) is 14.5. The minimum atomic E-state index is -0.269. The number of hydrogen-bond acceptors (Lipinski definition) is 6. The van der Waals surface area contributed by atoms with Gasteiger partial charge < -0.3 is 15.3 Å². The number of nitrogens with one attached hydrogen (secondary N) is 5. The standard InChI is InChI=1S/C35H28FN5.C32H30FN5.C2H6/c1-4-23(17-28(5-2)38-22(3)24-9-7-6-8-10-24)26-13-16-32-30(18-26)35(41-40-32)33-19-29-31(20-37-21-34(29)39-33)25-11-14-27(36)15-12-25;1-3-21(20-38-13-5-6-14-38)15-22(4-2)24-9-12-29-27(16-24)32(37-36-29)30-17-26-28(18-34-19-31(26)35-30)23-7-10-25(33)11-8-23;1-2/h4-21,38-39H,2-3H2,1H3,(H,40,41);3-4,7-12,15-19,35H,1,5-6,13-14,20H2,2H3,(H,36,37);1-2H3/b23-4+,28-17+;21-15+,22-4+;. The number of benzene rings is 5. The molecule has 5 aromatic carbocycles. The fourth-order valence-corrected chi connectivity index (χ4v) is 10.3. The van der Waals surface area contributed by atoms with Crippen LogP contribution in [-0.2, 0) is 0 Å². The lowest BCUT2D eigenvalue weighted by Crippen LogP contribution is -2.21. The van der Waals surface area contributed by atoms with E-state index >= 15 is 0 Å². The van der Waals surface area contributed by atoms with Crippen molar-refractivity contribution >= 4 is 60.5 Å². The zero-order valence-corrected chi connectivity index (χ0v) is 46.0. The average molecular weight is 1070 g/mol. The molecule has 12 heteroatoms. The van der Waals surface area contributed by atoms with Crippen LogP contribution in [0.2, 0.25) is 0 Å². The van der Waals surface area contributed by atoms with E-state index in [2.05, 4.69) is 144 Å². The molecule has 0 aliphatic carbocycles. The Bertz CT molecular complexity index is 4180. The Labute approximate surface area is 470 Å². The first-order valence-electron chi connectivity index (χ1n) is 27.3. The smallest absolute Gasteiger partial charge is 0.123 e. The minimum Gasteiger partial charge on any atom is -0.356 e. The highest BCUT2D eigenvalue weighted by Crippen LogP contribution is 2.37. The van der Waals surface area contributed by atoms with E-state index in [9.17, 15) is 8.78 Å². The number of aromatic amines is 4. The van der Waals surface area contributed by atoms with Gasteiger partial charge in [0.1, 0.15) is 23.0 Å². The van der Waals surface area contributed by atoms with E-state index in [4.69, 9.17) is 0 Å². The van der Waals surface area contributed by atoms with Crippen LogP contribution in [0.5, 0.6) is 0 Å². The molecule has 0 saturated carbocycles. The zero-order chi connectivity index (χ0) is 56.4. The Balaban J connectivity index is 0.000000177. The van der Waals surface area contributed by atoms with Crippen LogP contribution < -0.4 is 5.32 Å². The predicted octanol–water partition coefficient (Wildman–Crippen LogP) is 17.2. The lowest BCUT2D eigenvalue weighted by atomic mass is 9.99. The summed E-state index contributed by atoms with van der Waals surface area (Å²) >= 11 is 0. The van der Waals surface area contributed by atoms with Crippen molar-refractivity contribution < 1.29 is 8.78 Å². The van der Waals surface area contributed by atoms with Gasteiger partial charge in [-0.1, -0.05) is 125 Å². The highest BCUT2D eigenvalue weighted by Gasteiger charge is 2.18. The second-order valence-corrected chi connectivity index (χ2v) is 19.5. The van der Waals surface area contributed by atoms with Gasteiger partial charge in [-0.3, -0.25) is 25.1 Å². The number of fused-ring (bicyclic) bond motifs is 4. The van der Waals surface area contributed by atoms with Crippen molar-refractivity contribution in [3.8, 4) is 45.0 Å². The molecule has 0 amide bonds. The molecule has 0 spiro atoms. The number of rotatable bonds is 15. The second-order valence-electron chi connectivity index (χ2n) is 19.5. The van der Waals surface area contributed by atoms with Crippen LogP contribution in [0.15, 0.2) is 220 Å². The fraction of sp³-hybridized carbons (Fsp3) is 0.130. The van der Waals surface area contributed by atoms with Crippen LogP contribution >= 0.6 is 0 Å². The zero-order valence-electron chi connectivity index (χ0n) is 46.0. The van der Waals surface area contributed by atoms with Crippen molar-refractivity contribution in [1.29, 1.82) is 0 Å². The lowest BCUT2D eigenvalue weighted by Gasteiger charge is -2.15. The number of halogens is 2. The molecule has 81 heavy (non-hydrogen) atoms. The van der Waals surface area contributed by atoms with Gasteiger partial charge in [0.15, 0.2) is 0 Å². The Morgan fingerprint density at radius 2 is 1.06 bits per heavy atom. The summed E-state index contributed by atoms with van der Waals surface area (Å²) in [4.78, 5) is 18.3. The van der Waals surface area contributed by atoms with E-state index in [1.165, 1.54) is 42.7 Å². The maximum atomic E-state index is 13.5. The van der Waals surface area contributed by atoms with Crippen LogP contribution in [0, 0.1) is 11.6 Å². The van der Waals surface area contributed by atoms with Gasteiger partial charge in [-0.05, 0) is 157 Å². The van der Waals surface area contributed by atoms with Crippen molar-refractivity contribution in [2.24, 2.45) is 0 Å². The van der Waals surface area contributed by atoms with Gasteiger partial charge in [0.2, 0.25) is 0 Å². The van der Waals surface area contributed by atoms with E-state index in [0.29, 0.717) is 0 Å². The highest BCUT2D eigenvalue weighted by atomic mass is 19.1. The molecule has 1 aliphatic rings. The number of nitrogens with zero attached hydrogens (tertiary/aromatic N) is 5. The topological polar surface area (TPSA) is 130 Å². The molecule has 11 aromatic rings. The summed E-state index contributed by atoms with van der Waals surface area (Å²) < 4.78 is 27.0. The van der Waals surface area contributed by atoms with Gasteiger partial charge >= 0.3 is 0 Å². The molecule has 0 atom stereocenters. The maximum absolute atomic E-state index is 13.5. The summed E-state index contributed by atoms with van der Waals surface area (Å²) in [6, 6.07) is 39.8. The highest BCUT2D eigenvalue weighted by molar-refractivity contribution is 6.03. The molecule has 0 unspecified atom stereocenters. The van der Waals surface area contributed by atoms with Crippen LogP contribution in [0.25, 0.3) is 105 Å². The summed E-state index contributed by atoms with van der Waals surface area (Å²) in [6.07, 6.45) is 22.1. The molecule has 12 rings (SSSR count). The van der Waals surface area contributed by atoms with Gasteiger partial charge in [0, 0.05) is 63.0 Å². The van der Waals surface area contributed by atoms with Crippen molar-refractivity contribution in [1.82, 2.24) is 50.5 Å². The largest absolute Gasteiger partial charge is 0.356 e. The molecule has 6 aromatic heterocycles. The number of aromatic nitrogens is 8. The van der Waals surface area contributed by atoms with Crippen molar-refractivity contribution in [2.75, 3.05) is 19.6 Å². The lowest BCUT2D eigenvalue weighted by molar-refractivity contribution is 0.371. The van der Waals surface area contributed by atoms with Crippen LogP contribution in [-0.4, -0.2) is 64.9 Å². The van der Waals surface area contributed by atoms with E-state index in [1.807, 2.05) is 75.6 Å². The maximum Gasteiger partial charge on any atom is 0.123 e. The number of allylic oxidation sites excluding steroid dienone is 7. The Kier molecular flexibility index (Phi) is 16.8. The molecule has 7 heterocycles. The van der Waals surface area contributed by atoms with Crippen LogP contribution in [0.4, 0.5) is 8.78 Å². The minimum absolute atomic E-state index is 0.256. The number of H-pyrrole nitrogens is 4. The molecule has 10 nitrogen and oxygen atoms in total. The first kappa shape index (κ1) is 54.6. The average Bonchev–Trinajstić information content (AvgIpc) is 4.50. The second kappa shape index (κ2) is 24.9. The molecule has 5 N–H and O–H groups in total. The third-order valence-corrected chi connectivity index (χ3v) is 14.5. The molecule has 1 fully saturated rings. The van der Waals surface area contributed by atoms with Gasteiger partial charge in [-0.25, -0.2) is 8.78 Å². The third kappa shape index (κ3) is 12.0. The van der Waals surface area contributed by atoms with E-state index in [-0.39, 0.29) is 11.6 Å². The van der Waals surface area contributed by atoms with Crippen molar-refractivity contribution in [3.63, 3.8) is 0 Å². The van der Waals surface area contributed by atoms with Crippen molar-refractivity contribution in [3.05, 3.63) is 248 Å². The first-order valence-corrected chi connectivity index (χ1v) is 27.3. The summed E-state index contributed by atoms with van der Waals surface area (Å²) in [5.41, 5.74) is 19.0. The molecule has 1 saturated heterocycles. The Morgan fingerprint density at radius 1 is 0.568 bits per heavy atom. The van der Waals surface area contributed by atoms with E-state index < -0.39 is 0 Å². The van der Waals surface area contributed by atoms with Crippen LogP contribution in [0.3, 0.4) is 0 Å². The molecule has 0 radical (unpaired) electrons. The normalized spacial score (nSPS) is 13.3. The van der Waals surface area contributed by atoms with Gasteiger partial charge in [0.25, 0.3) is 0 Å². The number of pyridine rings is 2. The number of hydrogen-bond donors (Lipinski definition) is 5. The molecular formula is C69H64F2N10. The summed E-state index contributed by atoms with van der Waals surface area (Å²) in [7, 11) is 0. The number of likely N-dealkylation sites (tertiary alicyclic amines) is 1. The molecule has 0 bridgehead atoms.